The van der Waals surface area contributed by atoms with Gasteiger partial charge in [0, 0.05) is 45.8 Å². The summed E-state index contributed by atoms with van der Waals surface area (Å²) in [4.78, 5) is 33.6. The molecule has 1 N–H and O–H groups in total. The van der Waals surface area contributed by atoms with E-state index in [1.54, 1.807) is 11.9 Å². The second-order valence-electron chi connectivity index (χ2n) is 8.03. The number of piperazine rings is 1. The number of carbonyl (C=O) groups is 2. The molecule has 11 nitrogen and oxygen atoms in total. The number of carbonyl (C=O) groups excluding carboxylic acids is 2. The Hall–Kier alpha value is -2.82. The second-order valence-corrected chi connectivity index (χ2v) is 8.03. The minimum absolute atomic E-state index is 0.0781. The van der Waals surface area contributed by atoms with Crippen molar-refractivity contribution in [2.75, 3.05) is 26.2 Å². The average Bonchev–Trinajstić information content (AvgIpc) is 3.47. The molecule has 2 aromatic heterocycles. The summed E-state index contributed by atoms with van der Waals surface area (Å²) < 4.78 is 3.44. The first kappa shape index (κ1) is 18.2. The van der Waals surface area contributed by atoms with Crippen molar-refractivity contribution >= 4 is 11.8 Å². The van der Waals surface area contributed by atoms with Crippen molar-refractivity contribution < 1.29 is 9.59 Å². The quantitative estimate of drug-likeness (QED) is 0.746. The van der Waals surface area contributed by atoms with E-state index >= 15 is 0 Å². The predicted molar refractivity (Wildman–Crippen MR) is 101 cm³/mol. The Bertz CT molecular complexity index is 930. The van der Waals surface area contributed by atoms with Crippen LogP contribution in [0.25, 0.3) is 0 Å². The van der Waals surface area contributed by atoms with Crippen LogP contribution < -0.4 is 5.32 Å². The van der Waals surface area contributed by atoms with E-state index in [9.17, 15) is 9.59 Å². The van der Waals surface area contributed by atoms with Crippen molar-refractivity contribution in [1.29, 1.82) is 0 Å². The summed E-state index contributed by atoms with van der Waals surface area (Å²) in [6.07, 6.45) is 5.91. The Morgan fingerprint density at radius 2 is 1.90 bits per heavy atom. The lowest BCUT2D eigenvalue weighted by molar-refractivity contribution is 0.0364. The van der Waals surface area contributed by atoms with Crippen molar-refractivity contribution in [3.63, 3.8) is 0 Å². The Morgan fingerprint density at radius 1 is 1.10 bits per heavy atom. The van der Waals surface area contributed by atoms with Crippen LogP contribution >= 0.6 is 0 Å². The topological polar surface area (TPSA) is 114 Å². The smallest absolute Gasteiger partial charge is 0.293 e. The highest BCUT2D eigenvalue weighted by atomic mass is 16.2. The van der Waals surface area contributed by atoms with Crippen LogP contribution in [-0.4, -0.2) is 83.4 Å². The van der Waals surface area contributed by atoms with Gasteiger partial charge in [-0.05, 0) is 12.8 Å². The van der Waals surface area contributed by atoms with Crippen molar-refractivity contribution in [3.05, 3.63) is 23.8 Å². The molecule has 1 saturated carbocycles. The molecule has 0 spiro atoms. The molecule has 154 valence electrons. The molecule has 2 fully saturated rings. The maximum Gasteiger partial charge on any atom is 0.293 e. The van der Waals surface area contributed by atoms with Crippen LogP contribution in [0.15, 0.2) is 6.33 Å². The van der Waals surface area contributed by atoms with Crippen molar-refractivity contribution in [2.45, 2.75) is 44.3 Å². The van der Waals surface area contributed by atoms with Crippen LogP contribution in [0.5, 0.6) is 0 Å². The fraction of sp³-hybridized carbons (Fsp3) is 0.667. The van der Waals surface area contributed by atoms with Gasteiger partial charge in [0.15, 0.2) is 5.82 Å². The van der Waals surface area contributed by atoms with Crippen LogP contribution in [0.2, 0.25) is 0 Å². The summed E-state index contributed by atoms with van der Waals surface area (Å²) in [6, 6.07) is 0.162. The van der Waals surface area contributed by atoms with Gasteiger partial charge in [0.25, 0.3) is 11.8 Å². The maximum absolute atomic E-state index is 12.8. The highest BCUT2D eigenvalue weighted by Crippen LogP contribution is 2.29. The minimum Gasteiger partial charge on any atom is -0.347 e. The molecule has 11 heteroatoms. The summed E-state index contributed by atoms with van der Waals surface area (Å²) >= 11 is 0. The van der Waals surface area contributed by atoms with Crippen LogP contribution in [-0.2, 0) is 13.6 Å². The van der Waals surface area contributed by atoms with E-state index in [2.05, 4.69) is 30.5 Å². The standard InChI is InChI=1S/C18H25N9O2/c1-24-11-19-14(23-24)18(29)26-7-6-25-8-9-27-15(13(25)10-26)21-22-16(27)17(28)20-12-4-2-3-5-12/h11-13H,2-10H2,1H3,(H,20,28). The Balaban J connectivity index is 1.34. The molecule has 1 atom stereocenters. The summed E-state index contributed by atoms with van der Waals surface area (Å²) in [5.41, 5.74) is 0. The van der Waals surface area contributed by atoms with Gasteiger partial charge in [-0.3, -0.25) is 19.2 Å². The molecule has 1 unspecified atom stereocenters. The molecule has 0 aromatic carbocycles. The average molecular weight is 399 g/mol. The molecule has 29 heavy (non-hydrogen) atoms. The monoisotopic (exact) mass is 399 g/mol. The van der Waals surface area contributed by atoms with Gasteiger partial charge in [0.05, 0.1) is 6.04 Å². The lowest BCUT2D eigenvalue weighted by Gasteiger charge is -2.43. The zero-order valence-electron chi connectivity index (χ0n) is 16.5. The highest BCUT2D eigenvalue weighted by Gasteiger charge is 2.39. The van der Waals surface area contributed by atoms with Crippen LogP contribution in [0.4, 0.5) is 0 Å². The Labute approximate surface area is 168 Å². The van der Waals surface area contributed by atoms with E-state index in [4.69, 9.17) is 0 Å². The second kappa shape index (κ2) is 7.21. The van der Waals surface area contributed by atoms with Gasteiger partial charge in [-0.15, -0.1) is 15.3 Å². The van der Waals surface area contributed by atoms with Crippen LogP contribution in [0.3, 0.4) is 0 Å². The molecule has 1 aliphatic carbocycles. The third-order valence-electron chi connectivity index (χ3n) is 6.15. The first-order chi connectivity index (χ1) is 14.1. The maximum atomic E-state index is 12.8. The highest BCUT2D eigenvalue weighted by molar-refractivity contribution is 5.91. The van der Waals surface area contributed by atoms with Gasteiger partial charge >= 0.3 is 0 Å². The van der Waals surface area contributed by atoms with E-state index in [1.807, 2.05) is 4.57 Å². The normalized spacial score (nSPS) is 22.4. The van der Waals surface area contributed by atoms with Gasteiger partial charge in [0.2, 0.25) is 11.6 Å². The molecule has 0 radical (unpaired) electrons. The fourth-order valence-corrected chi connectivity index (χ4v) is 4.59. The lowest BCUT2D eigenvalue weighted by Crippen LogP contribution is -2.54. The number of rotatable bonds is 3. The number of aryl methyl sites for hydroxylation is 1. The number of amides is 2. The van der Waals surface area contributed by atoms with E-state index in [-0.39, 0.29) is 29.7 Å². The number of nitrogens with one attached hydrogen (secondary N) is 1. The van der Waals surface area contributed by atoms with Crippen molar-refractivity contribution in [2.24, 2.45) is 7.05 Å². The fourth-order valence-electron chi connectivity index (χ4n) is 4.59. The lowest BCUT2D eigenvalue weighted by atomic mass is 10.1. The number of hydrogen-bond donors (Lipinski definition) is 1. The zero-order valence-corrected chi connectivity index (χ0v) is 16.5. The zero-order chi connectivity index (χ0) is 20.0. The number of aromatic nitrogens is 6. The molecule has 3 aliphatic rings. The van der Waals surface area contributed by atoms with Gasteiger partial charge in [0.1, 0.15) is 6.33 Å². The molecular formula is C18H25N9O2. The molecule has 2 amide bonds. The third-order valence-corrected chi connectivity index (χ3v) is 6.15. The van der Waals surface area contributed by atoms with E-state index in [0.717, 1.165) is 44.6 Å². The van der Waals surface area contributed by atoms with Crippen LogP contribution in [0.1, 0.15) is 58.8 Å². The minimum atomic E-state index is -0.180. The summed E-state index contributed by atoms with van der Waals surface area (Å²) in [5.74, 6) is 1.00. The van der Waals surface area contributed by atoms with E-state index < -0.39 is 0 Å². The SMILES string of the molecule is Cn1cnc(C(=O)N2CCN3CCn4c(C(=O)NC5CCCC5)nnc4C3C2)n1. The van der Waals surface area contributed by atoms with Crippen molar-refractivity contribution in [3.8, 4) is 0 Å². The van der Waals surface area contributed by atoms with Gasteiger partial charge < -0.3 is 14.8 Å². The number of fused-ring (bicyclic) bond motifs is 3. The third kappa shape index (κ3) is 3.28. The summed E-state index contributed by atoms with van der Waals surface area (Å²) in [6.45, 7) is 3.35. The largest absolute Gasteiger partial charge is 0.347 e. The molecule has 4 heterocycles. The number of hydrogen-bond acceptors (Lipinski definition) is 7. The number of nitrogens with zero attached hydrogens (tertiary/aromatic N) is 8. The molecule has 1 saturated heterocycles. The summed E-state index contributed by atoms with van der Waals surface area (Å²) in [7, 11) is 1.74. The van der Waals surface area contributed by atoms with E-state index in [0.29, 0.717) is 25.5 Å². The Kier molecular flexibility index (Phi) is 4.53. The first-order valence-electron chi connectivity index (χ1n) is 10.2. The van der Waals surface area contributed by atoms with Gasteiger partial charge in [-0.25, -0.2) is 4.98 Å². The van der Waals surface area contributed by atoms with Crippen molar-refractivity contribution in [1.82, 2.24) is 44.6 Å². The summed E-state index contributed by atoms with van der Waals surface area (Å²) in [5, 5.41) is 15.8. The predicted octanol–water partition coefficient (Wildman–Crippen LogP) is -0.408. The molecular weight excluding hydrogens is 374 g/mol. The van der Waals surface area contributed by atoms with Crippen LogP contribution in [0, 0.1) is 0 Å². The molecule has 2 aromatic rings. The van der Waals surface area contributed by atoms with E-state index in [1.165, 1.54) is 11.0 Å². The van der Waals surface area contributed by atoms with Gasteiger partial charge in [-0.1, -0.05) is 12.8 Å². The van der Waals surface area contributed by atoms with Gasteiger partial charge in [-0.2, -0.15) is 0 Å². The molecule has 0 bridgehead atoms. The Morgan fingerprint density at radius 3 is 2.66 bits per heavy atom. The first-order valence-corrected chi connectivity index (χ1v) is 10.2. The molecule has 5 rings (SSSR count). The molecule has 2 aliphatic heterocycles.